The molecular formula is C15H25NO5. The predicted octanol–water partition coefficient (Wildman–Crippen LogP) is 2.31. The van der Waals surface area contributed by atoms with E-state index in [0.29, 0.717) is 25.8 Å². The molecule has 6 nitrogen and oxygen atoms in total. The van der Waals surface area contributed by atoms with Gasteiger partial charge in [0.25, 0.3) is 0 Å². The van der Waals surface area contributed by atoms with Crippen LogP contribution in [0.1, 0.15) is 46.5 Å². The summed E-state index contributed by atoms with van der Waals surface area (Å²) in [4.78, 5) is 25.5. The van der Waals surface area contributed by atoms with E-state index in [1.54, 1.807) is 35.0 Å². The number of likely N-dealkylation sites (tertiary alicyclic amines) is 1. The standard InChI is InChI=1S/C15H25NO5/c1-13(2,3)21-12(18)16-7-6-14(8-11(16)17)9-15(10-14,19-4)20-5/h6-10H2,1-5H3. The van der Waals surface area contributed by atoms with E-state index in [-0.39, 0.29) is 11.3 Å². The third-order valence-corrected chi connectivity index (χ3v) is 4.34. The summed E-state index contributed by atoms with van der Waals surface area (Å²) in [7, 11) is 3.24. The summed E-state index contributed by atoms with van der Waals surface area (Å²) in [6, 6.07) is 0. The van der Waals surface area contributed by atoms with Gasteiger partial charge < -0.3 is 14.2 Å². The molecule has 0 bridgehead atoms. The molecule has 120 valence electrons. The average Bonchev–Trinajstić information content (AvgIpc) is 2.33. The highest BCUT2D eigenvalue weighted by Gasteiger charge is 2.58. The lowest BCUT2D eigenvalue weighted by Crippen LogP contribution is -2.60. The first-order chi connectivity index (χ1) is 9.64. The molecule has 2 fully saturated rings. The van der Waals surface area contributed by atoms with Crippen LogP contribution in [0.5, 0.6) is 0 Å². The Morgan fingerprint density at radius 2 is 1.76 bits per heavy atom. The molecule has 1 saturated heterocycles. The SMILES string of the molecule is COC1(OC)CC2(CCN(C(=O)OC(C)(C)C)C(=O)C2)C1. The lowest BCUT2D eigenvalue weighted by molar-refractivity contribution is -0.300. The van der Waals surface area contributed by atoms with Gasteiger partial charge in [-0.25, -0.2) is 9.69 Å². The van der Waals surface area contributed by atoms with Crippen molar-refractivity contribution in [3.63, 3.8) is 0 Å². The first kappa shape index (κ1) is 16.2. The van der Waals surface area contributed by atoms with Crippen LogP contribution in [-0.2, 0) is 19.0 Å². The maximum atomic E-state index is 12.3. The first-order valence-corrected chi connectivity index (χ1v) is 7.28. The Bertz CT molecular complexity index is 428. The van der Waals surface area contributed by atoms with Gasteiger partial charge in [0.15, 0.2) is 5.79 Å². The van der Waals surface area contributed by atoms with Gasteiger partial charge in [-0.2, -0.15) is 0 Å². The number of carbonyl (C=O) groups excluding carboxylic acids is 2. The maximum absolute atomic E-state index is 12.3. The van der Waals surface area contributed by atoms with Crippen LogP contribution in [0.3, 0.4) is 0 Å². The van der Waals surface area contributed by atoms with Crippen molar-refractivity contribution in [1.29, 1.82) is 0 Å². The lowest BCUT2D eigenvalue weighted by atomic mass is 9.59. The Morgan fingerprint density at radius 3 is 2.19 bits per heavy atom. The van der Waals surface area contributed by atoms with Gasteiger partial charge in [0, 0.05) is 40.0 Å². The number of rotatable bonds is 2. The van der Waals surface area contributed by atoms with Crippen LogP contribution in [-0.4, -0.2) is 49.1 Å². The molecule has 0 aromatic heterocycles. The smallest absolute Gasteiger partial charge is 0.417 e. The highest BCUT2D eigenvalue weighted by atomic mass is 16.7. The van der Waals surface area contributed by atoms with Crippen molar-refractivity contribution in [1.82, 2.24) is 4.90 Å². The third kappa shape index (κ3) is 3.21. The van der Waals surface area contributed by atoms with E-state index >= 15 is 0 Å². The fourth-order valence-corrected chi connectivity index (χ4v) is 3.25. The van der Waals surface area contributed by atoms with Crippen LogP contribution in [0, 0.1) is 5.41 Å². The monoisotopic (exact) mass is 299 g/mol. The van der Waals surface area contributed by atoms with Gasteiger partial charge >= 0.3 is 6.09 Å². The molecule has 0 N–H and O–H groups in total. The molecule has 1 saturated carbocycles. The number of ether oxygens (including phenoxy) is 3. The van der Waals surface area contributed by atoms with Gasteiger partial charge in [0.2, 0.25) is 5.91 Å². The first-order valence-electron chi connectivity index (χ1n) is 7.28. The van der Waals surface area contributed by atoms with Crippen LogP contribution in [0.2, 0.25) is 0 Å². The Kier molecular flexibility index (Phi) is 4.06. The molecule has 2 rings (SSSR count). The molecule has 1 heterocycles. The zero-order valence-electron chi connectivity index (χ0n) is 13.5. The van der Waals surface area contributed by atoms with E-state index in [0.717, 1.165) is 6.42 Å². The average molecular weight is 299 g/mol. The number of nitrogens with zero attached hydrogens (tertiary/aromatic N) is 1. The quantitative estimate of drug-likeness (QED) is 0.732. The second-order valence-corrected chi connectivity index (χ2v) is 7.12. The second-order valence-electron chi connectivity index (χ2n) is 7.12. The number of hydrogen-bond donors (Lipinski definition) is 0. The van der Waals surface area contributed by atoms with Crippen molar-refractivity contribution in [2.24, 2.45) is 5.41 Å². The van der Waals surface area contributed by atoms with Crippen molar-refractivity contribution < 1.29 is 23.8 Å². The molecule has 21 heavy (non-hydrogen) atoms. The number of imide groups is 1. The number of hydrogen-bond acceptors (Lipinski definition) is 5. The molecule has 2 amide bonds. The predicted molar refractivity (Wildman–Crippen MR) is 75.6 cm³/mol. The largest absolute Gasteiger partial charge is 0.443 e. The lowest BCUT2D eigenvalue weighted by Gasteiger charge is -2.56. The summed E-state index contributed by atoms with van der Waals surface area (Å²) >= 11 is 0. The van der Waals surface area contributed by atoms with Crippen molar-refractivity contribution in [2.75, 3.05) is 20.8 Å². The molecule has 2 aliphatic rings. The Hall–Kier alpha value is -1.14. The minimum absolute atomic E-state index is 0.0956. The van der Waals surface area contributed by atoms with E-state index in [1.165, 1.54) is 4.90 Å². The minimum atomic E-state index is -0.593. The number of methoxy groups -OCH3 is 2. The summed E-state index contributed by atoms with van der Waals surface area (Å²) in [5, 5.41) is 0. The van der Waals surface area contributed by atoms with E-state index in [1.807, 2.05) is 0 Å². The van der Waals surface area contributed by atoms with Crippen molar-refractivity contribution in [3.05, 3.63) is 0 Å². The topological polar surface area (TPSA) is 65.1 Å². The van der Waals surface area contributed by atoms with E-state index in [4.69, 9.17) is 14.2 Å². The molecular weight excluding hydrogens is 274 g/mol. The molecule has 0 atom stereocenters. The van der Waals surface area contributed by atoms with Crippen molar-refractivity contribution in [3.8, 4) is 0 Å². The molecule has 0 unspecified atom stereocenters. The van der Waals surface area contributed by atoms with Crippen molar-refractivity contribution in [2.45, 2.75) is 57.8 Å². The summed E-state index contributed by atoms with van der Waals surface area (Å²) < 4.78 is 16.0. The zero-order valence-corrected chi connectivity index (χ0v) is 13.5. The summed E-state index contributed by atoms with van der Waals surface area (Å²) in [5.74, 6) is -0.731. The van der Waals surface area contributed by atoms with Crippen LogP contribution in [0.4, 0.5) is 4.79 Å². The zero-order chi connectivity index (χ0) is 15.9. The molecule has 0 aromatic carbocycles. The van der Waals surface area contributed by atoms with E-state index in [9.17, 15) is 9.59 Å². The molecule has 1 aliphatic carbocycles. The Morgan fingerprint density at radius 1 is 1.19 bits per heavy atom. The third-order valence-electron chi connectivity index (χ3n) is 4.34. The van der Waals surface area contributed by atoms with E-state index in [2.05, 4.69) is 0 Å². The maximum Gasteiger partial charge on any atom is 0.417 e. The van der Waals surface area contributed by atoms with Gasteiger partial charge in [-0.15, -0.1) is 0 Å². The molecule has 1 aliphatic heterocycles. The highest BCUT2D eigenvalue weighted by Crippen LogP contribution is 2.56. The Balaban J connectivity index is 1.95. The van der Waals surface area contributed by atoms with Crippen LogP contribution < -0.4 is 0 Å². The second kappa shape index (κ2) is 5.25. The van der Waals surface area contributed by atoms with Gasteiger partial charge in [0.1, 0.15) is 5.60 Å². The van der Waals surface area contributed by atoms with Gasteiger partial charge in [-0.3, -0.25) is 4.79 Å². The van der Waals surface area contributed by atoms with Crippen LogP contribution >= 0.6 is 0 Å². The normalized spacial score (nSPS) is 23.9. The molecule has 0 radical (unpaired) electrons. The minimum Gasteiger partial charge on any atom is -0.443 e. The van der Waals surface area contributed by atoms with Gasteiger partial charge in [-0.1, -0.05) is 0 Å². The Labute approximate surface area is 125 Å². The summed E-state index contributed by atoms with van der Waals surface area (Å²) in [6.45, 7) is 5.77. The fourth-order valence-electron chi connectivity index (χ4n) is 3.25. The van der Waals surface area contributed by atoms with E-state index < -0.39 is 17.5 Å². The van der Waals surface area contributed by atoms with Crippen LogP contribution in [0.15, 0.2) is 0 Å². The number of piperidine rings is 1. The highest BCUT2D eigenvalue weighted by molar-refractivity contribution is 5.93. The number of amides is 2. The van der Waals surface area contributed by atoms with Gasteiger partial charge in [-0.05, 0) is 32.6 Å². The molecule has 0 aromatic rings. The van der Waals surface area contributed by atoms with Crippen molar-refractivity contribution >= 4 is 12.0 Å². The van der Waals surface area contributed by atoms with Gasteiger partial charge in [0.05, 0.1) is 0 Å². The summed E-state index contributed by atoms with van der Waals surface area (Å²) in [6.07, 6.45) is 1.96. The molecule has 6 heteroatoms. The molecule has 1 spiro atoms. The summed E-state index contributed by atoms with van der Waals surface area (Å²) in [5.41, 5.74) is -0.689. The van der Waals surface area contributed by atoms with Crippen LogP contribution in [0.25, 0.3) is 0 Å². The fraction of sp³-hybridized carbons (Fsp3) is 0.867. The number of carbonyl (C=O) groups is 2.